The van der Waals surface area contributed by atoms with Gasteiger partial charge in [-0.2, -0.15) is 8.42 Å². The third-order valence-electron chi connectivity index (χ3n) is 5.16. The molecule has 5 rings (SSSR count). The van der Waals surface area contributed by atoms with Gasteiger partial charge in [-0.25, -0.2) is 0 Å². The molecule has 136 valence electrons. The SMILES string of the molecule is O=S1(=O)N=C(N2CCN(c3ccnc4ccccc34)CC2)c2ccccc21. The number of aromatic nitrogens is 1. The summed E-state index contributed by atoms with van der Waals surface area (Å²) >= 11 is 0. The van der Waals surface area contributed by atoms with E-state index in [1.165, 1.54) is 5.69 Å². The molecule has 3 aromatic rings. The molecule has 1 aromatic heterocycles. The molecule has 0 bridgehead atoms. The maximum absolute atomic E-state index is 12.3. The number of hydrogen-bond donors (Lipinski definition) is 0. The minimum Gasteiger partial charge on any atom is -0.367 e. The summed E-state index contributed by atoms with van der Waals surface area (Å²) in [5, 5.41) is 1.14. The first-order valence-corrected chi connectivity index (χ1v) is 10.4. The molecule has 2 aromatic carbocycles. The molecule has 0 spiro atoms. The van der Waals surface area contributed by atoms with Crippen LogP contribution in [0.15, 0.2) is 70.1 Å². The molecule has 1 saturated heterocycles. The first-order valence-electron chi connectivity index (χ1n) is 8.91. The topological polar surface area (TPSA) is 65.9 Å². The van der Waals surface area contributed by atoms with E-state index in [9.17, 15) is 8.42 Å². The van der Waals surface area contributed by atoms with E-state index >= 15 is 0 Å². The number of para-hydroxylation sites is 1. The summed E-state index contributed by atoms with van der Waals surface area (Å²) in [6, 6.07) is 17.2. The van der Waals surface area contributed by atoms with Crippen molar-refractivity contribution in [3.05, 3.63) is 66.4 Å². The Kier molecular flexibility index (Phi) is 3.65. The summed E-state index contributed by atoms with van der Waals surface area (Å²) < 4.78 is 28.7. The molecule has 7 heteroatoms. The van der Waals surface area contributed by atoms with E-state index in [0.29, 0.717) is 16.3 Å². The molecule has 0 saturated carbocycles. The molecule has 3 heterocycles. The number of piperazine rings is 1. The van der Waals surface area contributed by atoms with Crippen LogP contribution in [0.5, 0.6) is 0 Å². The maximum atomic E-state index is 12.3. The lowest BCUT2D eigenvalue weighted by atomic mass is 10.1. The fourth-order valence-electron chi connectivity index (χ4n) is 3.83. The van der Waals surface area contributed by atoms with Crippen molar-refractivity contribution in [3.63, 3.8) is 0 Å². The summed E-state index contributed by atoms with van der Waals surface area (Å²) in [7, 11) is -3.57. The van der Waals surface area contributed by atoms with Gasteiger partial charge in [-0.1, -0.05) is 30.3 Å². The second-order valence-corrected chi connectivity index (χ2v) is 8.28. The molecule has 27 heavy (non-hydrogen) atoms. The lowest BCUT2D eigenvalue weighted by Crippen LogP contribution is -2.48. The van der Waals surface area contributed by atoms with Crippen LogP contribution in [0.2, 0.25) is 0 Å². The van der Waals surface area contributed by atoms with Crippen LogP contribution in [0.4, 0.5) is 5.69 Å². The van der Waals surface area contributed by atoms with E-state index in [1.54, 1.807) is 12.1 Å². The van der Waals surface area contributed by atoms with Crippen LogP contribution in [0, 0.1) is 0 Å². The molecule has 0 amide bonds. The zero-order chi connectivity index (χ0) is 18.4. The number of amidine groups is 1. The highest BCUT2D eigenvalue weighted by atomic mass is 32.2. The third-order valence-corrected chi connectivity index (χ3v) is 6.48. The highest BCUT2D eigenvalue weighted by Crippen LogP contribution is 2.30. The number of hydrogen-bond acceptors (Lipinski definition) is 5. The van der Waals surface area contributed by atoms with Crippen molar-refractivity contribution in [3.8, 4) is 0 Å². The van der Waals surface area contributed by atoms with E-state index in [0.717, 1.165) is 37.1 Å². The van der Waals surface area contributed by atoms with Gasteiger partial charge in [0, 0.05) is 49.0 Å². The van der Waals surface area contributed by atoms with Gasteiger partial charge < -0.3 is 9.80 Å². The van der Waals surface area contributed by atoms with Crippen LogP contribution in [0.1, 0.15) is 5.56 Å². The van der Waals surface area contributed by atoms with E-state index in [-0.39, 0.29) is 0 Å². The van der Waals surface area contributed by atoms with Crippen molar-refractivity contribution in [1.82, 2.24) is 9.88 Å². The molecule has 0 N–H and O–H groups in total. The third kappa shape index (κ3) is 2.66. The van der Waals surface area contributed by atoms with Gasteiger partial charge in [-0.15, -0.1) is 4.40 Å². The largest absolute Gasteiger partial charge is 0.367 e. The predicted molar refractivity (Wildman–Crippen MR) is 106 cm³/mol. The Hall–Kier alpha value is -2.93. The fraction of sp³-hybridized carbons (Fsp3) is 0.200. The number of sulfonamides is 1. The Morgan fingerprint density at radius 2 is 1.52 bits per heavy atom. The molecular formula is C20H18N4O2S. The molecule has 2 aliphatic rings. The van der Waals surface area contributed by atoms with Crippen LogP contribution in [-0.4, -0.2) is 50.3 Å². The van der Waals surface area contributed by atoms with Gasteiger partial charge in [0.2, 0.25) is 0 Å². The zero-order valence-electron chi connectivity index (χ0n) is 14.6. The average molecular weight is 378 g/mol. The highest BCUT2D eigenvalue weighted by molar-refractivity contribution is 7.90. The van der Waals surface area contributed by atoms with Gasteiger partial charge in [0.25, 0.3) is 10.0 Å². The predicted octanol–water partition coefficient (Wildman–Crippen LogP) is 2.51. The second kappa shape index (κ2) is 6.06. The Morgan fingerprint density at radius 1 is 0.815 bits per heavy atom. The van der Waals surface area contributed by atoms with Gasteiger partial charge in [0.05, 0.1) is 5.52 Å². The van der Waals surface area contributed by atoms with Gasteiger partial charge in [-0.05, 0) is 24.3 Å². The van der Waals surface area contributed by atoms with Crippen molar-refractivity contribution in [2.75, 3.05) is 31.1 Å². The van der Waals surface area contributed by atoms with Crippen molar-refractivity contribution in [2.45, 2.75) is 4.90 Å². The Balaban J connectivity index is 1.41. The Bertz CT molecular complexity index is 1160. The number of benzene rings is 2. The standard InChI is InChI=1S/C20H18N4O2S/c25-27(26)19-8-4-2-6-16(19)20(22-27)24-13-11-23(12-14-24)18-9-10-21-17-7-3-1-5-15(17)18/h1-10H,11-14H2. The number of fused-ring (bicyclic) bond motifs is 2. The molecule has 0 aliphatic carbocycles. The fourth-order valence-corrected chi connectivity index (χ4v) is 5.06. The van der Waals surface area contributed by atoms with Gasteiger partial charge in [0.15, 0.2) is 5.84 Å². The van der Waals surface area contributed by atoms with E-state index < -0.39 is 10.0 Å². The molecule has 0 unspecified atom stereocenters. The van der Waals surface area contributed by atoms with Crippen LogP contribution in [-0.2, 0) is 10.0 Å². The molecule has 2 aliphatic heterocycles. The summed E-state index contributed by atoms with van der Waals surface area (Å²) in [6.45, 7) is 3.04. The van der Waals surface area contributed by atoms with E-state index in [2.05, 4.69) is 25.2 Å². The summed E-state index contributed by atoms with van der Waals surface area (Å²) in [4.78, 5) is 9.14. The van der Waals surface area contributed by atoms with Crippen molar-refractivity contribution in [1.29, 1.82) is 0 Å². The highest BCUT2D eigenvalue weighted by Gasteiger charge is 2.33. The minimum absolute atomic E-state index is 0.308. The van der Waals surface area contributed by atoms with E-state index in [1.807, 2.05) is 42.6 Å². The number of pyridine rings is 1. The van der Waals surface area contributed by atoms with Crippen molar-refractivity contribution >= 4 is 32.4 Å². The smallest absolute Gasteiger partial charge is 0.285 e. The molecule has 1 fully saturated rings. The van der Waals surface area contributed by atoms with Crippen LogP contribution >= 0.6 is 0 Å². The van der Waals surface area contributed by atoms with Gasteiger partial charge >= 0.3 is 0 Å². The molecule has 0 atom stereocenters. The first-order chi connectivity index (χ1) is 13.1. The first kappa shape index (κ1) is 16.3. The summed E-state index contributed by atoms with van der Waals surface area (Å²) in [5.41, 5.74) is 2.86. The zero-order valence-corrected chi connectivity index (χ0v) is 15.4. The van der Waals surface area contributed by atoms with Crippen LogP contribution < -0.4 is 4.90 Å². The average Bonchev–Trinajstić information content (AvgIpc) is 2.99. The number of anilines is 1. The Morgan fingerprint density at radius 3 is 2.37 bits per heavy atom. The van der Waals surface area contributed by atoms with Crippen molar-refractivity contribution in [2.24, 2.45) is 4.40 Å². The van der Waals surface area contributed by atoms with Gasteiger partial charge in [0.1, 0.15) is 4.90 Å². The number of nitrogens with zero attached hydrogens (tertiary/aromatic N) is 4. The maximum Gasteiger partial charge on any atom is 0.285 e. The molecular weight excluding hydrogens is 360 g/mol. The minimum atomic E-state index is -3.57. The Labute approximate surface area is 157 Å². The van der Waals surface area contributed by atoms with Crippen LogP contribution in [0.3, 0.4) is 0 Å². The normalized spacial score (nSPS) is 18.4. The molecule has 0 radical (unpaired) electrons. The van der Waals surface area contributed by atoms with Crippen LogP contribution in [0.25, 0.3) is 10.9 Å². The van der Waals surface area contributed by atoms with Crippen molar-refractivity contribution < 1.29 is 8.42 Å². The monoisotopic (exact) mass is 378 g/mol. The van der Waals surface area contributed by atoms with E-state index in [4.69, 9.17) is 0 Å². The van der Waals surface area contributed by atoms with Gasteiger partial charge in [-0.3, -0.25) is 4.98 Å². The number of rotatable bonds is 1. The summed E-state index contributed by atoms with van der Waals surface area (Å²) in [5.74, 6) is 0.574. The molecule has 6 nitrogen and oxygen atoms in total. The lowest BCUT2D eigenvalue weighted by molar-refractivity contribution is 0.387. The second-order valence-electron chi connectivity index (χ2n) is 6.71. The summed E-state index contributed by atoms with van der Waals surface area (Å²) in [6.07, 6.45) is 1.84. The quantitative estimate of drug-likeness (QED) is 0.651. The lowest BCUT2D eigenvalue weighted by Gasteiger charge is -2.37.